The highest BCUT2D eigenvalue weighted by atomic mass is 16.6. The third-order valence-electron chi connectivity index (χ3n) is 3.13. The van der Waals surface area contributed by atoms with Gasteiger partial charge in [-0.25, -0.2) is 4.79 Å². The van der Waals surface area contributed by atoms with E-state index in [4.69, 9.17) is 9.15 Å². The molecule has 1 aromatic heterocycles. The molecule has 0 radical (unpaired) electrons. The first-order chi connectivity index (χ1) is 7.23. The molecule has 1 aromatic rings. The van der Waals surface area contributed by atoms with Gasteiger partial charge in [0.15, 0.2) is 5.60 Å². The summed E-state index contributed by atoms with van der Waals surface area (Å²) in [4.78, 5) is 13.1. The fourth-order valence-electron chi connectivity index (χ4n) is 2.29. The van der Waals surface area contributed by atoms with Crippen LogP contribution in [0.25, 0.3) is 0 Å². The molecule has 0 aliphatic carbocycles. The van der Waals surface area contributed by atoms with Gasteiger partial charge in [-0.15, -0.1) is 0 Å². The average molecular weight is 208 g/mol. The maximum Gasteiger partial charge on any atom is 0.411 e. The summed E-state index contributed by atoms with van der Waals surface area (Å²) in [6.45, 7) is 1.38. The Balaban J connectivity index is 2.00. The lowest BCUT2D eigenvalue weighted by molar-refractivity contribution is -0.0158. The van der Waals surface area contributed by atoms with Gasteiger partial charge in [-0.3, -0.25) is 4.90 Å². The van der Waals surface area contributed by atoms with E-state index in [1.165, 1.54) is 0 Å². The molecule has 1 atom stereocenters. The predicted octanol–water partition coefficient (Wildman–Crippen LogP) is 0.745. The van der Waals surface area contributed by atoms with Gasteiger partial charge in [0, 0.05) is 20.1 Å². The number of hydrogen-bond donors (Lipinski definition) is 1. The van der Waals surface area contributed by atoms with Crippen molar-refractivity contribution in [3.63, 3.8) is 0 Å². The Bertz CT molecular complexity index is 383. The molecule has 0 unspecified atom stereocenters. The normalized spacial score (nSPS) is 27.9. The largest absolute Gasteiger partial charge is 0.467 e. The zero-order valence-corrected chi connectivity index (χ0v) is 8.40. The second-order valence-electron chi connectivity index (χ2n) is 4.07. The predicted molar refractivity (Wildman–Crippen MR) is 51.3 cm³/mol. The molecule has 1 amide bonds. The van der Waals surface area contributed by atoms with E-state index in [9.17, 15) is 4.79 Å². The van der Waals surface area contributed by atoms with Crippen LogP contribution in [-0.4, -0.2) is 36.7 Å². The summed E-state index contributed by atoms with van der Waals surface area (Å²) in [5.41, 5.74) is -0.427. The number of carbonyl (C=O) groups excluding carboxylic acids is 1. The van der Waals surface area contributed by atoms with E-state index in [0.29, 0.717) is 13.1 Å². The highest BCUT2D eigenvalue weighted by Crippen LogP contribution is 2.42. The highest BCUT2D eigenvalue weighted by Gasteiger charge is 2.58. The first-order valence-corrected chi connectivity index (χ1v) is 4.93. The first kappa shape index (κ1) is 8.79. The van der Waals surface area contributed by atoms with Gasteiger partial charge in [0.2, 0.25) is 0 Å². The number of likely N-dealkylation sites (N-methyl/N-ethyl adjacent to an activating group) is 1. The van der Waals surface area contributed by atoms with Crippen LogP contribution in [0.5, 0.6) is 0 Å². The molecule has 3 rings (SSSR count). The SMILES string of the molecule is CN1C(=O)OC2(CNC2)[C@H]1c1ccco1. The second-order valence-corrected chi connectivity index (χ2v) is 4.07. The minimum absolute atomic E-state index is 0.110. The number of furan rings is 1. The summed E-state index contributed by atoms with van der Waals surface area (Å²) in [6, 6.07) is 3.59. The Morgan fingerprint density at radius 1 is 1.60 bits per heavy atom. The standard InChI is InChI=1S/C10H12N2O3/c1-12-8(7-3-2-4-14-7)10(5-11-6-10)15-9(12)13/h2-4,8,11H,5-6H2,1H3/t8-/m1/s1. The van der Waals surface area contributed by atoms with Crippen LogP contribution < -0.4 is 5.32 Å². The van der Waals surface area contributed by atoms with E-state index in [2.05, 4.69) is 5.32 Å². The van der Waals surface area contributed by atoms with Gasteiger partial charge < -0.3 is 14.5 Å². The number of amides is 1. The summed E-state index contributed by atoms with van der Waals surface area (Å²) in [5, 5.41) is 3.13. The molecule has 2 saturated heterocycles. The van der Waals surface area contributed by atoms with E-state index in [0.717, 1.165) is 5.76 Å². The molecule has 1 spiro atoms. The number of carbonyl (C=O) groups is 1. The fraction of sp³-hybridized carbons (Fsp3) is 0.500. The quantitative estimate of drug-likeness (QED) is 0.739. The van der Waals surface area contributed by atoms with Crippen LogP contribution in [-0.2, 0) is 4.74 Å². The van der Waals surface area contributed by atoms with Crippen LogP contribution in [0.1, 0.15) is 11.8 Å². The van der Waals surface area contributed by atoms with Gasteiger partial charge >= 0.3 is 6.09 Å². The zero-order chi connectivity index (χ0) is 10.5. The minimum atomic E-state index is -0.427. The number of nitrogens with zero attached hydrogens (tertiary/aromatic N) is 1. The van der Waals surface area contributed by atoms with Crippen molar-refractivity contribution in [2.24, 2.45) is 0 Å². The zero-order valence-electron chi connectivity index (χ0n) is 8.40. The Hall–Kier alpha value is -1.49. The molecule has 1 N–H and O–H groups in total. The molecule has 0 bridgehead atoms. The fourth-order valence-corrected chi connectivity index (χ4v) is 2.29. The van der Waals surface area contributed by atoms with Crippen LogP contribution in [0.2, 0.25) is 0 Å². The third-order valence-corrected chi connectivity index (χ3v) is 3.13. The molecule has 3 heterocycles. The Morgan fingerprint density at radius 3 is 2.93 bits per heavy atom. The van der Waals surface area contributed by atoms with E-state index < -0.39 is 5.60 Å². The van der Waals surface area contributed by atoms with E-state index >= 15 is 0 Å². The molecule has 2 aliphatic heterocycles. The van der Waals surface area contributed by atoms with Crippen molar-refractivity contribution in [2.75, 3.05) is 20.1 Å². The Labute approximate surface area is 87.0 Å². The van der Waals surface area contributed by atoms with Gasteiger partial charge in [0.05, 0.1) is 6.26 Å². The number of nitrogens with one attached hydrogen (secondary N) is 1. The van der Waals surface area contributed by atoms with Crippen molar-refractivity contribution < 1.29 is 13.9 Å². The van der Waals surface area contributed by atoms with E-state index in [-0.39, 0.29) is 12.1 Å². The van der Waals surface area contributed by atoms with Gasteiger partial charge in [0.1, 0.15) is 11.8 Å². The van der Waals surface area contributed by atoms with Crippen molar-refractivity contribution in [1.82, 2.24) is 10.2 Å². The van der Waals surface area contributed by atoms with Crippen molar-refractivity contribution in [3.05, 3.63) is 24.2 Å². The van der Waals surface area contributed by atoms with Gasteiger partial charge in [0.25, 0.3) is 0 Å². The van der Waals surface area contributed by atoms with Crippen LogP contribution in [0.3, 0.4) is 0 Å². The summed E-state index contributed by atoms with van der Waals surface area (Å²) in [5.74, 6) is 0.782. The highest BCUT2D eigenvalue weighted by molar-refractivity contribution is 5.72. The molecule has 5 nitrogen and oxygen atoms in total. The molecular weight excluding hydrogens is 196 g/mol. The maximum absolute atomic E-state index is 11.5. The molecule has 15 heavy (non-hydrogen) atoms. The number of rotatable bonds is 1. The van der Waals surface area contributed by atoms with Crippen molar-refractivity contribution >= 4 is 6.09 Å². The van der Waals surface area contributed by atoms with Crippen LogP contribution in [0, 0.1) is 0 Å². The van der Waals surface area contributed by atoms with Crippen LogP contribution in [0.15, 0.2) is 22.8 Å². The minimum Gasteiger partial charge on any atom is -0.467 e. The number of ether oxygens (including phenoxy) is 1. The van der Waals surface area contributed by atoms with E-state index in [1.807, 2.05) is 12.1 Å². The first-order valence-electron chi connectivity index (χ1n) is 4.93. The maximum atomic E-state index is 11.5. The van der Waals surface area contributed by atoms with Gasteiger partial charge in [-0.1, -0.05) is 0 Å². The summed E-state index contributed by atoms with van der Waals surface area (Å²) < 4.78 is 10.8. The average Bonchev–Trinajstić information content (AvgIpc) is 2.72. The van der Waals surface area contributed by atoms with Gasteiger partial charge in [-0.2, -0.15) is 0 Å². The third kappa shape index (κ3) is 1.04. The lowest BCUT2D eigenvalue weighted by Crippen LogP contribution is -2.62. The molecule has 5 heteroatoms. The van der Waals surface area contributed by atoms with Crippen LogP contribution >= 0.6 is 0 Å². The number of hydrogen-bond acceptors (Lipinski definition) is 4. The van der Waals surface area contributed by atoms with Crippen molar-refractivity contribution in [2.45, 2.75) is 11.6 Å². The molecular formula is C10H12N2O3. The molecule has 2 aliphatic rings. The molecule has 80 valence electrons. The monoisotopic (exact) mass is 208 g/mol. The Kier molecular flexibility index (Phi) is 1.62. The van der Waals surface area contributed by atoms with Crippen molar-refractivity contribution in [3.8, 4) is 0 Å². The summed E-state index contributed by atoms with van der Waals surface area (Å²) in [7, 11) is 1.74. The summed E-state index contributed by atoms with van der Waals surface area (Å²) in [6.07, 6.45) is 1.34. The van der Waals surface area contributed by atoms with E-state index in [1.54, 1.807) is 18.2 Å². The van der Waals surface area contributed by atoms with Crippen molar-refractivity contribution in [1.29, 1.82) is 0 Å². The second kappa shape index (κ2) is 2.76. The van der Waals surface area contributed by atoms with Crippen LogP contribution in [0.4, 0.5) is 4.79 Å². The van der Waals surface area contributed by atoms with Gasteiger partial charge in [-0.05, 0) is 12.1 Å². The Morgan fingerprint density at radius 2 is 2.40 bits per heavy atom. The molecule has 0 aromatic carbocycles. The molecule has 0 saturated carbocycles. The lowest BCUT2D eigenvalue weighted by Gasteiger charge is -2.40. The summed E-state index contributed by atoms with van der Waals surface area (Å²) >= 11 is 0. The topological polar surface area (TPSA) is 54.7 Å². The lowest BCUT2D eigenvalue weighted by atomic mass is 9.86. The molecule has 2 fully saturated rings. The smallest absolute Gasteiger partial charge is 0.411 e.